The fraction of sp³-hybridized carbons (Fsp3) is 0.417. The summed E-state index contributed by atoms with van der Waals surface area (Å²) in [6, 6.07) is 6.34. The Morgan fingerprint density at radius 1 is 1.53 bits per heavy atom. The molecule has 0 heterocycles. The van der Waals surface area contributed by atoms with Crippen molar-refractivity contribution in [1.82, 2.24) is 5.32 Å². The molecule has 94 valence electrons. The molecule has 0 aliphatic rings. The van der Waals surface area contributed by atoms with Crippen LogP contribution in [0.2, 0.25) is 0 Å². The van der Waals surface area contributed by atoms with Crippen LogP contribution in [0.5, 0.6) is 0 Å². The van der Waals surface area contributed by atoms with Crippen molar-refractivity contribution in [2.75, 3.05) is 12.4 Å². The molecular weight excluding hydrogens is 241 g/mol. The monoisotopic (exact) mass is 257 g/mol. The van der Waals surface area contributed by atoms with E-state index in [2.05, 4.69) is 5.32 Å². The third-order valence-electron chi connectivity index (χ3n) is 2.19. The van der Waals surface area contributed by atoms with E-state index in [0.717, 1.165) is 0 Å². The zero-order valence-corrected chi connectivity index (χ0v) is 10.5. The minimum absolute atomic E-state index is 0.0363. The molecule has 1 atom stereocenters. The Labute approximate surface area is 104 Å². The Balaban J connectivity index is 2.31. The summed E-state index contributed by atoms with van der Waals surface area (Å²) < 4.78 is 13.2. The first-order chi connectivity index (χ1) is 8.13. The fourth-order valence-electron chi connectivity index (χ4n) is 1.16. The Bertz CT molecular complexity index is 373. The van der Waals surface area contributed by atoms with Crippen LogP contribution in [0.3, 0.4) is 0 Å². The quantitative estimate of drug-likeness (QED) is 0.813. The van der Waals surface area contributed by atoms with E-state index < -0.39 is 0 Å². The molecule has 0 saturated heterocycles. The standard InChI is InChI=1S/C12H16FNO2S/c1-9(7-15)17-8-12(16)14-6-10-4-2-3-5-11(10)13/h2-5,9,15H,6-8H2,1H3,(H,14,16). The lowest BCUT2D eigenvalue weighted by Crippen LogP contribution is -2.26. The van der Waals surface area contributed by atoms with Gasteiger partial charge < -0.3 is 10.4 Å². The zero-order valence-electron chi connectivity index (χ0n) is 9.65. The van der Waals surface area contributed by atoms with Gasteiger partial charge in [-0.05, 0) is 6.07 Å². The number of aliphatic hydroxyl groups excluding tert-OH is 1. The Kier molecular flexibility index (Phi) is 6.00. The van der Waals surface area contributed by atoms with Crippen LogP contribution in [0.4, 0.5) is 4.39 Å². The smallest absolute Gasteiger partial charge is 0.230 e. The second-order valence-electron chi connectivity index (χ2n) is 3.67. The maximum absolute atomic E-state index is 13.2. The number of carbonyl (C=O) groups excluding carboxylic acids is 1. The summed E-state index contributed by atoms with van der Waals surface area (Å²) >= 11 is 1.37. The molecule has 2 N–H and O–H groups in total. The normalized spacial score (nSPS) is 12.2. The van der Waals surface area contributed by atoms with Crippen molar-refractivity contribution in [3.05, 3.63) is 35.6 Å². The summed E-state index contributed by atoms with van der Waals surface area (Å²) in [4.78, 5) is 11.4. The van der Waals surface area contributed by atoms with Gasteiger partial charge in [-0.2, -0.15) is 0 Å². The maximum Gasteiger partial charge on any atom is 0.230 e. The molecule has 0 aromatic heterocycles. The van der Waals surface area contributed by atoms with E-state index in [0.29, 0.717) is 5.56 Å². The van der Waals surface area contributed by atoms with E-state index >= 15 is 0 Å². The van der Waals surface area contributed by atoms with E-state index in [9.17, 15) is 9.18 Å². The number of rotatable bonds is 6. The van der Waals surface area contributed by atoms with Gasteiger partial charge in [0.2, 0.25) is 5.91 Å². The number of amides is 1. The molecule has 1 aromatic carbocycles. The lowest BCUT2D eigenvalue weighted by atomic mass is 10.2. The molecule has 17 heavy (non-hydrogen) atoms. The third kappa shape index (κ3) is 5.19. The summed E-state index contributed by atoms with van der Waals surface area (Å²) in [6.45, 7) is 2.08. The van der Waals surface area contributed by atoms with Gasteiger partial charge >= 0.3 is 0 Å². The molecule has 0 radical (unpaired) electrons. The molecule has 3 nitrogen and oxygen atoms in total. The predicted octanol–water partition coefficient (Wildman–Crippen LogP) is 1.56. The van der Waals surface area contributed by atoms with Crippen LogP contribution in [0, 0.1) is 5.82 Å². The van der Waals surface area contributed by atoms with Crippen molar-refractivity contribution in [2.24, 2.45) is 0 Å². The molecule has 5 heteroatoms. The first-order valence-corrected chi connectivity index (χ1v) is 6.41. The Hall–Kier alpha value is -1.07. The van der Waals surface area contributed by atoms with Gasteiger partial charge in [0.05, 0.1) is 12.4 Å². The van der Waals surface area contributed by atoms with Gasteiger partial charge in [0.25, 0.3) is 0 Å². The van der Waals surface area contributed by atoms with Crippen LogP contribution in [-0.2, 0) is 11.3 Å². The molecule has 1 aromatic rings. The van der Waals surface area contributed by atoms with Crippen molar-refractivity contribution in [3.63, 3.8) is 0 Å². The maximum atomic E-state index is 13.2. The number of carbonyl (C=O) groups is 1. The summed E-state index contributed by atoms with van der Waals surface area (Å²) in [6.07, 6.45) is 0. The van der Waals surface area contributed by atoms with Crippen LogP contribution in [0.25, 0.3) is 0 Å². The average Bonchev–Trinajstić information content (AvgIpc) is 2.35. The minimum Gasteiger partial charge on any atom is -0.395 e. The zero-order chi connectivity index (χ0) is 12.7. The Morgan fingerprint density at radius 2 is 2.24 bits per heavy atom. The molecule has 0 saturated carbocycles. The van der Waals surface area contributed by atoms with Gasteiger partial charge in [-0.1, -0.05) is 25.1 Å². The molecule has 1 unspecified atom stereocenters. The van der Waals surface area contributed by atoms with Crippen LogP contribution < -0.4 is 5.32 Å². The number of benzene rings is 1. The summed E-state index contributed by atoms with van der Waals surface area (Å²) in [5.74, 6) is -0.196. The van der Waals surface area contributed by atoms with Crippen molar-refractivity contribution >= 4 is 17.7 Å². The second-order valence-corrected chi connectivity index (χ2v) is 5.10. The number of nitrogens with one attached hydrogen (secondary N) is 1. The molecule has 0 aliphatic carbocycles. The highest BCUT2D eigenvalue weighted by Crippen LogP contribution is 2.09. The number of thioether (sulfide) groups is 1. The largest absolute Gasteiger partial charge is 0.395 e. The second kappa shape index (κ2) is 7.29. The van der Waals surface area contributed by atoms with Crippen molar-refractivity contribution < 1.29 is 14.3 Å². The number of hydrogen-bond donors (Lipinski definition) is 2. The van der Waals surface area contributed by atoms with E-state index in [1.165, 1.54) is 17.8 Å². The van der Waals surface area contributed by atoms with Crippen molar-refractivity contribution in [1.29, 1.82) is 0 Å². The summed E-state index contributed by atoms with van der Waals surface area (Å²) in [7, 11) is 0. The number of aliphatic hydroxyl groups is 1. The van der Waals surface area contributed by atoms with Gasteiger partial charge in [0, 0.05) is 17.4 Å². The number of hydrogen-bond acceptors (Lipinski definition) is 3. The molecule has 0 bridgehead atoms. The summed E-state index contributed by atoms with van der Waals surface area (Å²) in [5, 5.41) is 11.5. The molecule has 0 spiro atoms. The highest BCUT2D eigenvalue weighted by atomic mass is 32.2. The number of halogens is 1. The van der Waals surface area contributed by atoms with Crippen molar-refractivity contribution in [2.45, 2.75) is 18.7 Å². The van der Waals surface area contributed by atoms with E-state index in [1.807, 2.05) is 6.92 Å². The predicted molar refractivity (Wildman–Crippen MR) is 67.3 cm³/mol. The van der Waals surface area contributed by atoms with Gasteiger partial charge in [-0.3, -0.25) is 4.79 Å². The van der Waals surface area contributed by atoms with E-state index in [-0.39, 0.29) is 35.9 Å². The lowest BCUT2D eigenvalue weighted by molar-refractivity contribution is -0.118. The van der Waals surface area contributed by atoms with Gasteiger partial charge in [0.1, 0.15) is 5.82 Å². The summed E-state index contributed by atoms with van der Waals surface area (Å²) in [5.41, 5.74) is 0.473. The topological polar surface area (TPSA) is 49.3 Å². The molecule has 1 rings (SSSR count). The van der Waals surface area contributed by atoms with Crippen LogP contribution in [0.15, 0.2) is 24.3 Å². The molecule has 0 aliphatic heterocycles. The van der Waals surface area contributed by atoms with Crippen LogP contribution in [-0.4, -0.2) is 28.6 Å². The minimum atomic E-state index is -0.316. The molecule has 1 amide bonds. The highest BCUT2D eigenvalue weighted by molar-refractivity contribution is 8.00. The van der Waals surface area contributed by atoms with Gasteiger partial charge in [-0.25, -0.2) is 4.39 Å². The van der Waals surface area contributed by atoms with Crippen LogP contribution >= 0.6 is 11.8 Å². The van der Waals surface area contributed by atoms with E-state index in [4.69, 9.17) is 5.11 Å². The van der Waals surface area contributed by atoms with Gasteiger partial charge in [0.15, 0.2) is 0 Å². The van der Waals surface area contributed by atoms with Crippen LogP contribution in [0.1, 0.15) is 12.5 Å². The first-order valence-electron chi connectivity index (χ1n) is 5.36. The Morgan fingerprint density at radius 3 is 2.88 bits per heavy atom. The highest BCUT2D eigenvalue weighted by Gasteiger charge is 2.07. The first kappa shape index (κ1) is 14.0. The van der Waals surface area contributed by atoms with E-state index in [1.54, 1.807) is 18.2 Å². The fourth-order valence-corrected chi connectivity index (χ4v) is 1.80. The SMILES string of the molecule is CC(CO)SCC(=O)NCc1ccccc1F. The average molecular weight is 257 g/mol. The molecular formula is C12H16FNO2S. The lowest BCUT2D eigenvalue weighted by Gasteiger charge is -2.08. The molecule has 0 fully saturated rings. The third-order valence-corrected chi connectivity index (χ3v) is 3.34. The van der Waals surface area contributed by atoms with Crippen molar-refractivity contribution in [3.8, 4) is 0 Å². The van der Waals surface area contributed by atoms with Gasteiger partial charge in [-0.15, -0.1) is 11.8 Å².